The zero-order chi connectivity index (χ0) is 15.5. The second-order valence-corrected chi connectivity index (χ2v) is 7.00. The van der Waals surface area contributed by atoms with Crippen LogP contribution in [-0.4, -0.2) is 23.9 Å². The van der Waals surface area contributed by atoms with Crippen molar-refractivity contribution in [3.8, 4) is 0 Å². The molecular weight excluding hydrogens is 310 g/mol. The Kier molecular flexibility index (Phi) is 4.77. The number of ether oxygens (including phenoxy) is 1. The summed E-state index contributed by atoms with van der Waals surface area (Å²) in [5.41, 5.74) is 0.373. The number of hydrogen-bond acceptors (Lipinski definition) is 4. The van der Waals surface area contributed by atoms with Crippen LogP contribution in [0.4, 0.5) is 5.69 Å². The molecule has 0 aliphatic rings. The smallest absolute Gasteiger partial charge is 0.341 e. The largest absolute Gasteiger partial charge is 0.626 e. The Morgan fingerprint density at radius 1 is 1.19 bits per heavy atom. The summed E-state index contributed by atoms with van der Waals surface area (Å²) in [5, 5.41) is 0.214. The van der Waals surface area contributed by atoms with E-state index < -0.39 is 16.1 Å². The van der Waals surface area contributed by atoms with Crippen molar-refractivity contribution in [2.45, 2.75) is 4.90 Å². The molecule has 0 saturated carbocycles. The number of hydrogen-bond donors (Lipinski definition) is 0. The third-order valence-electron chi connectivity index (χ3n) is 2.83. The molecule has 0 amide bonds. The first-order valence-electron chi connectivity index (χ1n) is 6.10. The molecule has 2 aromatic carbocycles. The highest BCUT2D eigenvalue weighted by atomic mass is 35.5. The first kappa shape index (κ1) is 15.7. The van der Waals surface area contributed by atoms with E-state index in [1.54, 1.807) is 42.5 Å². The summed E-state index contributed by atoms with van der Waals surface area (Å²) in [5.74, 6) is -0.609. The van der Waals surface area contributed by atoms with Gasteiger partial charge in [-0.3, -0.25) is 0 Å². The van der Waals surface area contributed by atoms with Gasteiger partial charge in [-0.15, -0.1) is 4.36 Å². The van der Waals surface area contributed by atoms with Gasteiger partial charge in [0.1, 0.15) is 16.1 Å². The van der Waals surface area contributed by atoms with Crippen LogP contribution >= 0.6 is 11.6 Å². The van der Waals surface area contributed by atoms with Gasteiger partial charge in [0, 0.05) is 0 Å². The third-order valence-corrected chi connectivity index (χ3v) is 4.84. The van der Waals surface area contributed by atoms with E-state index in [-0.39, 0.29) is 16.3 Å². The minimum absolute atomic E-state index is 0.118. The summed E-state index contributed by atoms with van der Waals surface area (Å²) in [6.45, 7) is 0. The van der Waals surface area contributed by atoms with Gasteiger partial charge in [-0.2, -0.15) is 0 Å². The van der Waals surface area contributed by atoms with Crippen molar-refractivity contribution in [2.24, 2.45) is 4.36 Å². The van der Waals surface area contributed by atoms with Gasteiger partial charge in [-0.25, -0.2) is 4.79 Å². The molecule has 0 bridgehead atoms. The number of carbonyl (C=O) groups excluding carboxylic acids is 1. The van der Waals surface area contributed by atoms with Crippen molar-refractivity contribution in [2.75, 3.05) is 13.4 Å². The Hall–Kier alpha value is -1.69. The molecule has 0 N–H and O–H groups in total. The predicted molar refractivity (Wildman–Crippen MR) is 83.7 cm³/mol. The van der Waals surface area contributed by atoms with E-state index in [9.17, 15) is 9.35 Å². The second kappa shape index (κ2) is 6.39. The highest BCUT2D eigenvalue weighted by Crippen LogP contribution is 2.31. The third kappa shape index (κ3) is 3.50. The zero-order valence-corrected chi connectivity index (χ0v) is 13.1. The van der Waals surface area contributed by atoms with Crippen LogP contribution in [0.25, 0.3) is 0 Å². The van der Waals surface area contributed by atoms with Crippen LogP contribution in [0, 0.1) is 0 Å². The van der Waals surface area contributed by atoms with Crippen molar-refractivity contribution in [3.05, 3.63) is 59.1 Å². The molecule has 0 radical (unpaired) electrons. The fourth-order valence-electron chi connectivity index (χ4n) is 1.81. The lowest BCUT2D eigenvalue weighted by molar-refractivity contribution is 0.0602. The molecule has 0 aliphatic heterocycles. The highest BCUT2D eigenvalue weighted by molar-refractivity contribution is 7.99. The van der Waals surface area contributed by atoms with Gasteiger partial charge in [0.25, 0.3) is 0 Å². The summed E-state index contributed by atoms with van der Waals surface area (Å²) in [6.07, 6.45) is 1.52. The topological polar surface area (TPSA) is 61.7 Å². The number of methoxy groups -OCH3 is 1. The van der Waals surface area contributed by atoms with Crippen LogP contribution in [0.15, 0.2) is 57.8 Å². The maximum Gasteiger partial charge on any atom is 0.341 e. The lowest BCUT2D eigenvalue weighted by Gasteiger charge is -2.17. The lowest BCUT2D eigenvalue weighted by Crippen LogP contribution is -2.09. The van der Waals surface area contributed by atoms with E-state index in [1.165, 1.54) is 13.4 Å². The van der Waals surface area contributed by atoms with Crippen molar-refractivity contribution >= 4 is 33.4 Å². The lowest BCUT2D eigenvalue weighted by atomic mass is 10.2. The second-order valence-electron chi connectivity index (χ2n) is 4.33. The highest BCUT2D eigenvalue weighted by Gasteiger charge is 2.19. The molecule has 0 aliphatic carbocycles. The van der Waals surface area contributed by atoms with Gasteiger partial charge >= 0.3 is 5.97 Å². The molecule has 2 aromatic rings. The Labute approximate surface area is 129 Å². The molecule has 0 aromatic heterocycles. The Morgan fingerprint density at radius 3 is 2.48 bits per heavy atom. The maximum absolute atomic E-state index is 12.8. The average Bonchev–Trinajstić information content (AvgIpc) is 2.47. The molecule has 1 atom stereocenters. The summed E-state index contributed by atoms with van der Waals surface area (Å²) in [7, 11) is -1.43. The predicted octanol–water partition coefficient (Wildman–Crippen LogP) is 3.92. The van der Waals surface area contributed by atoms with Crippen molar-refractivity contribution in [3.63, 3.8) is 0 Å². The minimum Gasteiger partial charge on any atom is -0.626 e. The van der Waals surface area contributed by atoms with Gasteiger partial charge in [0.05, 0.1) is 18.4 Å². The molecule has 0 saturated heterocycles. The molecule has 110 valence electrons. The molecule has 21 heavy (non-hydrogen) atoms. The maximum atomic E-state index is 12.8. The summed E-state index contributed by atoms with van der Waals surface area (Å²) < 4.78 is 21.7. The zero-order valence-electron chi connectivity index (χ0n) is 11.6. The molecule has 4 nitrogen and oxygen atoms in total. The van der Waals surface area contributed by atoms with Crippen LogP contribution in [-0.2, 0) is 14.8 Å². The number of nitrogens with zero attached hydrogens (tertiary/aromatic N) is 1. The first-order valence-corrected chi connectivity index (χ1v) is 8.40. The summed E-state index contributed by atoms with van der Waals surface area (Å²) in [6, 6.07) is 13.7. The van der Waals surface area contributed by atoms with Gasteiger partial charge in [-0.05, 0) is 34.4 Å². The number of carbonyl (C=O) groups is 1. The molecule has 2 rings (SSSR count). The van der Waals surface area contributed by atoms with Crippen LogP contribution < -0.4 is 0 Å². The standard InChI is InChI=1S/C15H14ClNO3S/c1-20-15(18)14-12(16)9-6-10-13(14)17-21(2,19)11-7-4-3-5-8-11/h3-10H,1-2H3. The summed E-state index contributed by atoms with van der Waals surface area (Å²) >= 11 is 6.02. The van der Waals surface area contributed by atoms with Crippen molar-refractivity contribution in [1.82, 2.24) is 0 Å². The fourth-order valence-corrected chi connectivity index (χ4v) is 3.35. The van der Waals surface area contributed by atoms with Gasteiger partial charge in [0.2, 0.25) is 0 Å². The van der Waals surface area contributed by atoms with Crippen LogP contribution in [0.3, 0.4) is 0 Å². The molecular formula is C15H14ClNO3S. The number of rotatable bonds is 3. The van der Waals surface area contributed by atoms with Crippen molar-refractivity contribution < 1.29 is 14.1 Å². The van der Waals surface area contributed by atoms with E-state index in [0.29, 0.717) is 4.90 Å². The van der Waals surface area contributed by atoms with Gasteiger partial charge < -0.3 is 9.29 Å². The quantitative estimate of drug-likeness (QED) is 0.635. The molecule has 6 heteroatoms. The van der Waals surface area contributed by atoms with E-state index >= 15 is 0 Å². The summed E-state index contributed by atoms with van der Waals surface area (Å²) in [4.78, 5) is 12.4. The number of halogens is 1. The first-order chi connectivity index (χ1) is 9.95. The SMILES string of the molecule is COC(=O)c1c(Cl)cccc1N=[S+](C)([O-])c1ccccc1. The molecule has 0 heterocycles. The van der Waals surface area contributed by atoms with E-state index in [0.717, 1.165) is 0 Å². The van der Waals surface area contributed by atoms with Gasteiger partial charge in [-0.1, -0.05) is 35.9 Å². The monoisotopic (exact) mass is 323 g/mol. The van der Waals surface area contributed by atoms with E-state index in [1.807, 2.05) is 6.07 Å². The van der Waals surface area contributed by atoms with Crippen LogP contribution in [0.1, 0.15) is 10.4 Å². The Morgan fingerprint density at radius 2 is 1.86 bits per heavy atom. The Bertz CT molecular complexity index is 710. The fraction of sp³-hybridized carbons (Fsp3) is 0.133. The molecule has 0 fully saturated rings. The Balaban J connectivity index is 2.60. The number of benzene rings is 2. The minimum atomic E-state index is -2.69. The number of esters is 1. The van der Waals surface area contributed by atoms with Gasteiger partial charge in [0.15, 0.2) is 0 Å². The van der Waals surface area contributed by atoms with E-state index in [2.05, 4.69) is 4.36 Å². The molecule has 0 spiro atoms. The van der Waals surface area contributed by atoms with Crippen LogP contribution in [0.5, 0.6) is 0 Å². The normalized spacial score (nSPS) is 13.3. The average molecular weight is 324 g/mol. The molecule has 1 unspecified atom stereocenters. The van der Waals surface area contributed by atoms with Crippen LogP contribution in [0.2, 0.25) is 5.02 Å². The van der Waals surface area contributed by atoms with Crippen molar-refractivity contribution in [1.29, 1.82) is 0 Å². The van der Waals surface area contributed by atoms with E-state index in [4.69, 9.17) is 16.3 Å².